The number of rotatable bonds is 6. The molecular formula is C17H16N6O3S. The third-order valence-corrected chi connectivity index (χ3v) is 5.43. The van der Waals surface area contributed by atoms with E-state index < -0.39 is 5.91 Å². The van der Waals surface area contributed by atoms with Gasteiger partial charge in [0.1, 0.15) is 17.1 Å². The molecule has 0 saturated heterocycles. The van der Waals surface area contributed by atoms with Crippen LogP contribution in [0, 0.1) is 0 Å². The Hall–Kier alpha value is -3.27. The second kappa shape index (κ2) is 7.16. The van der Waals surface area contributed by atoms with Gasteiger partial charge in [0.2, 0.25) is 0 Å². The van der Waals surface area contributed by atoms with Gasteiger partial charge >= 0.3 is 0 Å². The van der Waals surface area contributed by atoms with Crippen molar-refractivity contribution in [3.05, 3.63) is 46.6 Å². The second-order valence-corrected chi connectivity index (χ2v) is 7.12. The highest BCUT2D eigenvalue weighted by Crippen LogP contribution is 2.38. The van der Waals surface area contributed by atoms with Crippen LogP contribution in [0.15, 0.2) is 30.6 Å². The van der Waals surface area contributed by atoms with Crippen LogP contribution in [0.5, 0.6) is 5.75 Å². The molecule has 2 amide bonds. The van der Waals surface area contributed by atoms with Gasteiger partial charge in [0.15, 0.2) is 6.61 Å². The van der Waals surface area contributed by atoms with Gasteiger partial charge in [-0.05, 0) is 47.4 Å². The molecule has 0 saturated carbocycles. The molecule has 138 valence electrons. The molecule has 2 aromatic heterocycles. The fourth-order valence-electron chi connectivity index (χ4n) is 3.06. The minimum absolute atomic E-state index is 0.195. The molecule has 1 aliphatic carbocycles. The number of nitrogens with two attached hydrogens (primary N) is 1. The van der Waals surface area contributed by atoms with Crippen LogP contribution in [0.25, 0.3) is 5.69 Å². The summed E-state index contributed by atoms with van der Waals surface area (Å²) in [7, 11) is 0. The Balaban J connectivity index is 1.43. The summed E-state index contributed by atoms with van der Waals surface area (Å²) in [6.45, 7) is -0.195. The maximum Gasteiger partial charge on any atom is 0.262 e. The van der Waals surface area contributed by atoms with Crippen molar-refractivity contribution in [2.45, 2.75) is 19.3 Å². The number of amides is 2. The van der Waals surface area contributed by atoms with Crippen molar-refractivity contribution in [2.24, 2.45) is 5.73 Å². The molecule has 0 atom stereocenters. The number of primary amides is 1. The topological polar surface area (TPSA) is 125 Å². The number of anilines is 1. The number of thiophene rings is 1. The first kappa shape index (κ1) is 17.2. The van der Waals surface area contributed by atoms with Crippen LogP contribution in [-0.2, 0) is 17.6 Å². The molecule has 0 spiro atoms. The molecule has 3 N–H and O–H groups in total. The minimum Gasteiger partial charge on any atom is -0.484 e. The number of aromatic nitrogens is 4. The molecule has 0 bridgehead atoms. The van der Waals surface area contributed by atoms with E-state index in [2.05, 4.69) is 20.8 Å². The van der Waals surface area contributed by atoms with E-state index in [0.29, 0.717) is 22.0 Å². The summed E-state index contributed by atoms with van der Waals surface area (Å²) in [6.07, 6.45) is 4.21. The van der Waals surface area contributed by atoms with E-state index in [0.717, 1.165) is 29.7 Å². The van der Waals surface area contributed by atoms with E-state index in [1.165, 1.54) is 22.3 Å². The van der Waals surface area contributed by atoms with E-state index in [1.807, 2.05) is 6.07 Å². The first-order chi connectivity index (χ1) is 13.1. The highest BCUT2D eigenvalue weighted by molar-refractivity contribution is 7.17. The number of carbonyl (C=O) groups excluding carboxylic acids is 2. The van der Waals surface area contributed by atoms with E-state index in [-0.39, 0.29) is 12.5 Å². The van der Waals surface area contributed by atoms with Crippen LogP contribution in [0.3, 0.4) is 0 Å². The maximum absolute atomic E-state index is 12.3. The molecule has 10 heteroatoms. The lowest BCUT2D eigenvalue weighted by atomic mass is 10.1. The number of tetrazole rings is 1. The Morgan fingerprint density at radius 1 is 1.33 bits per heavy atom. The van der Waals surface area contributed by atoms with E-state index in [4.69, 9.17) is 10.5 Å². The van der Waals surface area contributed by atoms with Gasteiger partial charge in [0.05, 0.1) is 11.3 Å². The molecule has 9 nitrogen and oxygen atoms in total. The highest BCUT2D eigenvalue weighted by atomic mass is 32.1. The fourth-order valence-corrected chi connectivity index (χ4v) is 4.37. The number of hydrogen-bond acceptors (Lipinski definition) is 7. The summed E-state index contributed by atoms with van der Waals surface area (Å²) in [4.78, 5) is 25.2. The molecule has 4 rings (SSSR count). The third-order valence-electron chi connectivity index (χ3n) is 4.22. The Morgan fingerprint density at radius 2 is 2.22 bits per heavy atom. The van der Waals surface area contributed by atoms with Crippen molar-refractivity contribution in [1.82, 2.24) is 20.2 Å². The van der Waals surface area contributed by atoms with Crippen molar-refractivity contribution < 1.29 is 14.3 Å². The van der Waals surface area contributed by atoms with Crippen molar-refractivity contribution in [1.29, 1.82) is 0 Å². The van der Waals surface area contributed by atoms with Gasteiger partial charge in [0, 0.05) is 10.9 Å². The molecule has 0 radical (unpaired) electrons. The molecular weight excluding hydrogens is 368 g/mol. The summed E-state index contributed by atoms with van der Waals surface area (Å²) in [5.41, 5.74) is 7.62. The molecule has 1 aliphatic rings. The lowest BCUT2D eigenvalue weighted by molar-refractivity contribution is -0.118. The van der Waals surface area contributed by atoms with Crippen LogP contribution in [0.1, 0.15) is 27.2 Å². The van der Waals surface area contributed by atoms with Crippen LogP contribution in [0.4, 0.5) is 5.00 Å². The zero-order valence-electron chi connectivity index (χ0n) is 14.2. The minimum atomic E-state index is -0.514. The Labute approximate surface area is 158 Å². The van der Waals surface area contributed by atoms with Crippen LogP contribution in [0.2, 0.25) is 0 Å². The molecule has 3 aromatic rings. The average Bonchev–Trinajstić information content (AvgIpc) is 3.37. The number of nitrogens with one attached hydrogen (secondary N) is 1. The molecule has 1 aromatic carbocycles. The number of hydrogen-bond donors (Lipinski definition) is 2. The lowest BCUT2D eigenvalue weighted by Gasteiger charge is -2.09. The summed E-state index contributed by atoms with van der Waals surface area (Å²) < 4.78 is 7.04. The largest absolute Gasteiger partial charge is 0.484 e. The predicted octanol–water partition coefficient (Wildman–Crippen LogP) is 1.33. The summed E-state index contributed by atoms with van der Waals surface area (Å²) >= 11 is 1.41. The zero-order chi connectivity index (χ0) is 18.8. The monoisotopic (exact) mass is 384 g/mol. The predicted molar refractivity (Wildman–Crippen MR) is 98.1 cm³/mol. The van der Waals surface area contributed by atoms with Gasteiger partial charge in [-0.15, -0.1) is 16.4 Å². The summed E-state index contributed by atoms with van der Waals surface area (Å²) in [5, 5.41) is 14.2. The summed E-state index contributed by atoms with van der Waals surface area (Å²) in [5.74, 6) is -0.369. The number of carbonyl (C=O) groups is 2. The average molecular weight is 384 g/mol. The van der Waals surface area contributed by atoms with Gasteiger partial charge in [0.25, 0.3) is 11.8 Å². The standard InChI is InChI=1S/C17H16N6O3S/c18-16(25)15-12-5-2-6-13(12)27-17(15)20-14(24)8-26-11-4-1-3-10(7-11)23-9-19-21-22-23/h1,3-4,7,9H,2,5-6,8H2,(H2,18,25)(H,20,24). The summed E-state index contributed by atoms with van der Waals surface area (Å²) in [6, 6.07) is 7.04. The normalized spacial score (nSPS) is 12.6. The van der Waals surface area contributed by atoms with E-state index >= 15 is 0 Å². The fraction of sp³-hybridized carbons (Fsp3) is 0.235. The SMILES string of the molecule is NC(=O)c1c(NC(=O)COc2cccc(-n3cnnn3)c2)sc2c1CCC2. The Morgan fingerprint density at radius 3 is 3.00 bits per heavy atom. The zero-order valence-corrected chi connectivity index (χ0v) is 15.0. The molecule has 0 unspecified atom stereocenters. The first-order valence-corrected chi connectivity index (χ1v) is 9.14. The molecule has 0 aliphatic heterocycles. The van der Waals surface area contributed by atoms with Gasteiger partial charge < -0.3 is 15.8 Å². The Bertz CT molecular complexity index is 998. The number of ether oxygens (including phenoxy) is 1. The van der Waals surface area contributed by atoms with Gasteiger partial charge in [-0.1, -0.05) is 6.07 Å². The number of fused-ring (bicyclic) bond motifs is 1. The number of nitrogens with zero attached hydrogens (tertiary/aromatic N) is 4. The maximum atomic E-state index is 12.3. The van der Waals surface area contributed by atoms with Crippen molar-refractivity contribution in [2.75, 3.05) is 11.9 Å². The first-order valence-electron chi connectivity index (χ1n) is 8.32. The van der Waals surface area contributed by atoms with Gasteiger partial charge in [-0.3, -0.25) is 9.59 Å². The second-order valence-electron chi connectivity index (χ2n) is 6.01. The van der Waals surface area contributed by atoms with Crippen molar-refractivity contribution in [3.8, 4) is 11.4 Å². The molecule has 27 heavy (non-hydrogen) atoms. The number of benzene rings is 1. The van der Waals surface area contributed by atoms with Gasteiger partial charge in [-0.2, -0.15) is 0 Å². The van der Waals surface area contributed by atoms with Gasteiger partial charge in [-0.25, -0.2) is 4.68 Å². The molecule has 2 heterocycles. The van der Waals surface area contributed by atoms with Crippen LogP contribution in [-0.4, -0.2) is 38.6 Å². The lowest BCUT2D eigenvalue weighted by Crippen LogP contribution is -2.22. The van der Waals surface area contributed by atoms with Crippen molar-refractivity contribution in [3.63, 3.8) is 0 Å². The molecule has 0 fully saturated rings. The quantitative estimate of drug-likeness (QED) is 0.660. The van der Waals surface area contributed by atoms with E-state index in [1.54, 1.807) is 18.2 Å². The van der Waals surface area contributed by atoms with E-state index in [9.17, 15) is 9.59 Å². The van der Waals surface area contributed by atoms with Crippen molar-refractivity contribution >= 4 is 28.2 Å². The highest BCUT2D eigenvalue weighted by Gasteiger charge is 2.26. The van der Waals surface area contributed by atoms with Crippen LogP contribution >= 0.6 is 11.3 Å². The number of aryl methyl sites for hydroxylation is 1. The third kappa shape index (κ3) is 3.51. The van der Waals surface area contributed by atoms with Crippen LogP contribution < -0.4 is 15.8 Å². The smallest absolute Gasteiger partial charge is 0.262 e. The Kier molecular flexibility index (Phi) is 4.55.